The predicted octanol–water partition coefficient (Wildman–Crippen LogP) is 4.29. The van der Waals surface area contributed by atoms with E-state index in [1.54, 1.807) is 0 Å². The van der Waals surface area contributed by atoms with E-state index >= 15 is 0 Å². The van der Waals surface area contributed by atoms with Gasteiger partial charge in [0.2, 0.25) is 0 Å². The molecule has 1 atom stereocenters. The van der Waals surface area contributed by atoms with E-state index in [0.717, 1.165) is 6.54 Å². The van der Waals surface area contributed by atoms with Crippen molar-refractivity contribution in [2.24, 2.45) is 5.92 Å². The third kappa shape index (κ3) is 5.46. The molecule has 0 aromatic carbocycles. The summed E-state index contributed by atoms with van der Waals surface area (Å²) in [5.41, 5.74) is 2.57. The molecule has 1 N–H and O–H groups in total. The minimum absolute atomic E-state index is 0.624. The van der Waals surface area contributed by atoms with E-state index in [9.17, 15) is 0 Å². The molecule has 1 rings (SSSR count). The van der Waals surface area contributed by atoms with E-state index in [0.29, 0.717) is 5.92 Å². The Labute approximate surface area is 96.0 Å². The molecule has 1 nitrogen and oxygen atoms in total. The molecule has 15 heavy (non-hydrogen) atoms. The maximum absolute atomic E-state index is 3.76. The number of nitrogens with one attached hydrogen (secondary N) is 1. The van der Waals surface area contributed by atoms with Crippen molar-refractivity contribution in [3.8, 4) is 0 Å². The van der Waals surface area contributed by atoms with Gasteiger partial charge in [0.1, 0.15) is 0 Å². The van der Waals surface area contributed by atoms with Gasteiger partial charge in [-0.25, -0.2) is 0 Å². The lowest BCUT2D eigenvalue weighted by molar-refractivity contribution is 0.703. The summed E-state index contributed by atoms with van der Waals surface area (Å²) in [5.74, 6) is 0.624. The van der Waals surface area contributed by atoms with Crippen molar-refractivity contribution in [2.45, 2.75) is 41.5 Å². The summed E-state index contributed by atoms with van der Waals surface area (Å²) >= 11 is 0. The van der Waals surface area contributed by atoms with Gasteiger partial charge in [0.05, 0.1) is 0 Å². The van der Waals surface area contributed by atoms with Crippen molar-refractivity contribution in [2.75, 3.05) is 6.54 Å². The molecular formula is C14H27N. The topological polar surface area (TPSA) is 12.0 Å². The van der Waals surface area contributed by atoms with Crippen LogP contribution in [0.15, 0.2) is 36.1 Å². The average molecular weight is 209 g/mol. The fourth-order valence-electron chi connectivity index (χ4n) is 1.36. The first-order valence-corrected chi connectivity index (χ1v) is 6.02. The van der Waals surface area contributed by atoms with Crippen LogP contribution in [-0.2, 0) is 0 Å². The second kappa shape index (κ2) is 11.1. The van der Waals surface area contributed by atoms with Crippen LogP contribution in [0, 0.1) is 5.92 Å². The van der Waals surface area contributed by atoms with Crippen molar-refractivity contribution in [3.05, 3.63) is 36.1 Å². The van der Waals surface area contributed by atoms with Gasteiger partial charge in [-0.05, 0) is 18.6 Å². The van der Waals surface area contributed by atoms with Crippen LogP contribution in [0.1, 0.15) is 41.5 Å². The molecule has 0 amide bonds. The summed E-state index contributed by atoms with van der Waals surface area (Å²) in [5, 5.41) is 3.30. The minimum atomic E-state index is 0.624. The second-order valence-electron chi connectivity index (χ2n) is 2.86. The summed E-state index contributed by atoms with van der Waals surface area (Å²) in [4.78, 5) is 0. The van der Waals surface area contributed by atoms with Crippen molar-refractivity contribution in [1.82, 2.24) is 5.32 Å². The lowest BCUT2D eigenvalue weighted by atomic mass is 10.0. The molecule has 0 aromatic rings. The third-order valence-electron chi connectivity index (χ3n) is 1.99. The van der Waals surface area contributed by atoms with E-state index in [1.165, 1.54) is 11.3 Å². The van der Waals surface area contributed by atoms with Crippen molar-refractivity contribution >= 4 is 0 Å². The first-order chi connectivity index (χ1) is 7.29. The Morgan fingerprint density at radius 3 is 2.20 bits per heavy atom. The van der Waals surface area contributed by atoms with Crippen LogP contribution in [0.25, 0.3) is 0 Å². The predicted molar refractivity (Wildman–Crippen MR) is 71.9 cm³/mol. The molecule has 1 heteroatoms. The standard InChI is InChI=1S/C10H15N.2C2H6/c1-4-6-9-8(3)7-11-10(9)5-2;2*1-2/h4-6,8,11H,2,7H2,1,3H3;2*1-2H3/b6-4-;;. The molecule has 0 aliphatic carbocycles. The fraction of sp³-hybridized carbons (Fsp3) is 0.571. The van der Waals surface area contributed by atoms with E-state index in [4.69, 9.17) is 0 Å². The van der Waals surface area contributed by atoms with Gasteiger partial charge in [0.15, 0.2) is 0 Å². The molecule has 0 saturated heterocycles. The van der Waals surface area contributed by atoms with Crippen LogP contribution in [0.4, 0.5) is 0 Å². The Hall–Kier alpha value is -0.980. The molecule has 1 heterocycles. The summed E-state index contributed by atoms with van der Waals surface area (Å²) in [6, 6.07) is 0. The lowest BCUT2D eigenvalue weighted by Gasteiger charge is -2.00. The summed E-state index contributed by atoms with van der Waals surface area (Å²) in [6.45, 7) is 17.1. The lowest BCUT2D eigenvalue weighted by Crippen LogP contribution is -2.08. The maximum Gasteiger partial charge on any atom is 0.0370 e. The normalized spacial score (nSPS) is 18.7. The Balaban J connectivity index is 0. The zero-order valence-electron chi connectivity index (χ0n) is 11.2. The van der Waals surface area contributed by atoms with Crippen LogP contribution < -0.4 is 5.32 Å². The maximum atomic E-state index is 3.76. The van der Waals surface area contributed by atoms with Crippen molar-refractivity contribution < 1.29 is 0 Å². The van der Waals surface area contributed by atoms with Crippen LogP contribution in [0.3, 0.4) is 0 Å². The number of rotatable bonds is 2. The molecule has 1 aliphatic rings. The van der Waals surface area contributed by atoms with E-state index in [2.05, 4.69) is 31.0 Å². The molecular weight excluding hydrogens is 182 g/mol. The van der Waals surface area contributed by atoms with Gasteiger partial charge in [-0.15, -0.1) is 0 Å². The molecule has 0 radical (unpaired) electrons. The zero-order valence-corrected chi connectivity index (χ0v) is 11.2. The smallest absolute Gasteiger partial charge is 0.0370 e. The first kappa shape index (κ1) is 16.4. The van der Waals surface area contributed by atoms with Gasteiger partial charge >= 0.3 is 0 Å². The largest absolute Gasteiger partial charge is 0.384 e. The summed E-state index contributed by atoms with van der Waals surface area (Å²) < 4.78 is 0. The number of allylic oxidation sites excluding steroid dienone is 3. The van der Waals surface area contributed by atoms with Crippen LogP contribution in [0.2, 0.25) is 0 Å². The Kier molecular flexibility index (Phi) is 12.2. The highest BCUT2D eigenvalue weighted by Crippen LogP contribution is 2.21. The molecule has 1 unspecified atom stereocenters. The molecule has 88 valence electrons. The quantitative estimate of drug-likeness (QED) is 0.715. The first-order valence-electron chi connectivity index (χ1n) is 6.02. The van der Waals surface area contributed by atoms with Gasteiger partial charge in [-0.3, -0.25) is 0 Å². The van der Waals surface area contributed by atoms with Gasteiger partial charge < -0.3 is 5.32 Å². The zero-order chi connectivity index (χ0) is 12.3. The Morgan fingerprint density at radius 2 is 1.80 bits per heavy atom. The molecule has 0 spiro atoms. The molecule has 0 fully saturated rings. The van der Waals surface area contributed by atoms with E-state index in [-0.39, 0.29) is 0 Å². The fourth-order valence-corrected chi connectivity index (χ4v) is 1.36. The van der Waals surface area contributed by atoms with Gasteiger partial charge in [-0.1, -0.05) is 53.3 Å². The monoisotopic (exact) mass is 209 g/mol. The van der Waals surface area contributed by atoms with Gasteiger partial charge in [0.25, 0.3) is 0 Å². The third-order valence-corrected chi connectivity index (χ3v) is 1.99. The van der Waals surface area contributed by atoms with Gasteiger partial charge in [0, 0.05) is 18.2 Å². The molecule has 1 aliphatic heterocycles. The molecule has 0 saturated carbocycles. The van der Waals surface area contributed by atoms with Crippen LogP contribution in [-0.4, -0.2) is 6.54 Å². The Morgan fingerprint density at radius 1 is 1.27 bits per heavy atom. The van der Waals surface area contributed by atoms with Crippen molar-refractivity contribution in [3.63, 3.8) is 0 Å². The highest BCUT2D eigenvalue weighted by molar-refractivity contribution is 5.36. The van der Waals surface area contributed by atoms with Crippen molar-refractivity contribution in [1.29, 1.82) is 0 Å². The van der Waals surface area contributed by atoms with E-state index in [1.807, 2.05) is 40.7 Å². The SMILES string of the molecule is C=CC1=C(/C=C\C)C(C)CN1.CC.CC. The average Bonchev–Trinajstić information content (AvgIpc) is 2.66. The highest BCUT2D eigenvalue weighted by Gasteiger charge is 2.16. The molecule has 0 aromatic heterocycles. The molecule has 0 bridgehead atoms. The van der Waals surface area contributed by atoms with Crippen LogP contribution >= 0.6 is 0 Å². The van der Waals surface area contributed by atoms with Crippen LogP contribution in [0.5, 0.6) is 0 Å². The summed E-state index contributed by atoms with van der Waals surface area (Å²) in [7, 11) is 0. The second-order valence-corrected chi connectivity index (χ2v) is 2.86. The van der Waals surface area contributed by atoms with Gasteiger partial charge in [-0.2, -0.15) is 0 Å². The number of hydrogen-bond acceptors (Lipinski definition) is 1. The Bertz CT molecular complexity index is 211. The number of hydrogen-bond donors (Lipinski definition) is 1. The highest BCUT2D eigenvalue weighted by atomic mass is 14.9. The minimum Gasteiger partial charge on any atom is -0.384 e. The summed E-state index contributed by atoms with van der Waals surface area (Å²) in [6.07, 6.45) is 6.11. The van der Waals surface area contributed by atoms with E-state index < -0.39 is 0 Å².